The summed E-state index contributed by atoms with van der Waals surface area (Å²) in [5, 5.41) is 12.5. The van der Waals surface area contributed by atoms with Gasteiger partial charge in [0.2, 0.25) is 5.91 Å². The van der Waals surface area contributed by atoms with Crippen LogP contribution in [0.3, 0.4) is 0 Å². The summed E-state index contributed by atoms with van der Waals surface area (Å²) in [6, 6.07) is 5.73. The number of hydrogen-bond donors (Lipinski definition) is 2. The third kappa shape index (κ3) is 3.68. The van der Waals surface area contributed by atoms with E-state index in [0.717, 1.165) is 18.5 Å². The van der Waals surface area contributed by atoms with E-state index in [1.54, 1.807) is 12.1 Å². The second-order valence-electron chi connectivity index (χ2n) is 9.77. The van der Waals surface area contributed by atoms with Crippen LogP contribution in [0.2, 0.25) is 0 Å². The predicted molar refractivity (Wildman–Crippen MR) is 120 cm³/mol. The Morgan fingerprint density at radius 3 is 2.72 bits per heavy atom. The van der Waals surface area contributed by atoms with Crippen molar-refractivity contribution in [3.8, 4) is 6.07 Å². The molecular weight excluding hydrogens is 478 g/mol. The number of nitrogens with one attached hydrogen (secondary N) is 2. The number of halogens is 4. The Hall–Kier alpha value is -3.94. The zero-order chi connectivity index (χ0) is 26.0. The van der Waals surface area contributed by atoms with Crippen molar-refractivity contribution in [3.63, 3.8) is 0 Å². The Bertz CT molecular complexity index is 1420. The summed E-state index contributed by atoms with van der Waals surface area (Å²) in [5.74, 6) is -2.02. The van der Waals surface area contributed by atoms with Crippen molar-refractivity contribution in [2.45, 2.75) is 32.1 Å². The Labute approximate surface area is 203 Å². The molecule has 5 rings (SSSR count). The molecule has 1 aromatic carbocycles. The molecule has 2 aliphatic rings. The van der Waals surface area contributed by atoms with E-state index >= 15 is 0 Å². The van der Waals surface area contributed by atoms with Gasteiger partial charge in [0.25, 0.3) is 5.91 Å². The van der Waals surface area contributed by atoms with Crippen molar-refractivity contribution in [1.82, 2.24) is 20.2 Å². The van der Waals surface area contributed by atoms with E-state index in [4.69, 9.17) is 0 Å². The van der Waals surface area contributed by atoms with Crippen LogP contribution < -0.4 is 5.32 Å². The van der Waals surface area contributed by atoms with Crippen LogP contribution in [0.4, 0.5) is 17.6 Å². The molecule has 4 unspecified atom stereocenters. The number of benzene rings is 1. The fraction of sp³-hybridized carbons (Fsp3) is 0.360. The standard InChI is InChI=1S/C25H21F4N5O2/c1-24(2)15-11-34(23(36)17-8-12-4-3-5-16(26)20(12)32-17)21(19(15)24)22(35)33-18(9-30)13-10-31-7-6-14(13)25(27,28)29/h3-8,10,15,18-19,21,32H,11H2,1-2H3,(H,33,35). The minimum absolute atomic E-state index is 0.00276. The van der Waals surface area contributed by atoms with Crippen LogP contribution in [-0.4, -0.2) is 39.3 Å². The number of aromatic amines is 1. The SMILES string of the molecule is CC1(C)C2CN(C(=O)c3cc4cccc(F)c4[nH]3)C(C(=O)NC(C#N)c3cnccc3C(F)(F)F)C21. The third-order valence-electron chi connectivity index (χ3n) is 7.46. The third-order valence-corrected chi connectivity index (χ3v) is 7.46. The first kappa shape index (κ1) is 23.8. The van der Waals surface area contributed by atoms with Gasteiger partial charge in [0, 0.05) is 29.9 Å². The van der Waals surface area contributed by atoms with Crippen LogP contribution in [0.15, 0.2) is 42.7 Å². The number of para-hydroxylation sites is 1. The number of likely N-dealkylation sites (tertiary alicyclic amines) is 1. The van der Waals surface area contributed by atoms with Crippen LogP contribution in [-0.2, 0) is 11.0 Å². The second kappa shape index (κ2) is 8.05. The number of carbonyl (C=O) groups excluding carboxylic acids is 2. The van der Waals surface area contributed by atoms with Crippen molar-refractivity contribution in [2.24, 2.45) is 17.3 Å². The maximum Gasteiger partial charge on any atom is 0.416 e. The highest BCUT2D eigenvalue weighted by Gasteiger charge is 2.69. The van der Waals surface area contributed by atoms with Crippen molar-refractivity contribution in [1.29, 1.82) is 5.26 Å². The molecule has 2 N–H and O–H groups in total. The van der Waals surface area contributed by atoms with E-state index in [1.165, 1.54) is 23.1 Å². The lowest BCUT2D eigenvalue weighted by Crippen LogP contribution is -2.50. The largest absolute Gasteiger partial charge is 0.416 e. The number of rotatable bonds is 4. The maximum atomic E-state index is 14.1. The highest BCUT2D eigenvalue weighted by molar-refractivity contribution is 6.01. The van der Waals surface area contributed by atoms with E-state index in [0.29, 0.717) is 5.39 Å². The molecule has 1 saturated heterocycles. The molecule has 4 atom stereocenters. The highest BCUT2D eigenvalue weighted by Crippen LogP contribution is 2.65. The number of alkyl halides is 3. The van der Waals surface area contributed by atoms with Crippen molar-refractivity contribution >= 4 is 22.7 Å². The molecule has 186 valence electrons. The first-order chi connectivity index (χ1) is 16.9. The summed E-state index contributed by atoms with van der Waals surface area (Å²) in [5.41, 5.74) is -1.57. The predicted octanol–water partition coefficient (Wildman–Crippen LogP) is 4.20. The maximum absolute atomic E-state index is 14.1. The molecule has 11 heteroatoms. The number of fused-ring (bicyclic) bond motifs is 2. The van der Waals surface area contributed by atoms with Crippen molar-refractivity contribution in [3.05, 3.63) is 65.4 Å². The molecule has 0 spiro atoms. The minimum Gasteiger partial charge on any atom is -0.348 e. The Balaban J connectivity index is 1.45. The van der Waals surface area contributed by atoms with E-state index in [9.17, 15) is 32.4 Å². The fourth-order valence-corrected chi connectivity index (χ4v) is 5.49. The summed E-state index contributed by atoms with van der Waals surface area (Å²) >= 11 is 0. The lowest BCUT2D eigenvalue weighted by Gasteiger charge is -2.30. The van der Waals surface area contributed by atoms with Gasteiger partial charge in [0.1, 0.15) is 23.6 Å². The zero-order valence-corrected chi connectivity index (χ0v) is 19.2. The highest BCUT2D eigenvalue weighted by atomic mass is 19.4. The van der Waals surface area contributed by atoms with Crippen LogP contribution in [0.5, 0.6) is 0 Å². The summed E-state index contributed by atoms with van der Waals surface area (Å²) in [6.45, 7) is 4.16. The van der Waals surface area contributed by atoms with Gasteiger partial charge in [-0.3, -0.25) is 14.6 Å². The minimum atomic E-state index is -4.75. The summed E-state index contributed by atoms with van der Waals surface area (Å²) in [7, 11) is 0. The fourth-order valence-electron chi connectivity index (χ4n) is 5.49. The molecule has 1 saturated carbocycles. The van der Waals surface area contributed by atoms with Crippen LogP contribution in [0.25, 0.3) is 10.9 Å². The number of nitrogens with zero attached hydrogens (tertiary/aromatic N) is 3. The summed E-state index contributed by atoms with van der Waals surface area (Å²) < 4.78 is 54.6. The van der Waals surface area contributed by atoms with Gasteiger partial charge in [-0.25, -0.2) is 4.39 Å². The van der Waals surface area contributed by atoms with Crippen LogP contribution >= 0.6 is 0 Å². The number of H-pyrrole nitrogens is 1. The van der Waals surface area contributed by atoms with E-state index in [2.05, 4.69) is 15.3 Å². The number of piperidine rings is 1. The van der Waals surface area contributed by atoms with Crippen LogP contribution in [0.1, 0.15) is 41.5 Å². The van der Waals surface area contributed by atoms with Gasteiger partial charge < -0.3 is 15.2 Å². The number of nitriles is 1. The number of carbonyl (C=O) groups is 2. The monoisotopic (exact) mass is 499 g/mol. The molecule has 1 aliphatic carbocycles. The van der Waals surface area contributed by atoms with Gasteiger partial charge in [-0.2, -0.15) is 18.4 Å². The normalized spacial score (nSPS) is 23.1. The lowest BCUT2D eigenvalue weighted by atomic mass is 9.98. The van der Waals surface area contributed by atoms with Crippen molar-refractivity contribution in [2.75, 3.05) is 6.54 Å². The molecule has 3 aromatic rings. The van der Waals surface area contributed by atoms with E-state index in [1.807, 2.05) is 13.8 Å². The van der Waals surface area contributed by atoms with Gasteiger partial charge in [0.15, 0.2) is 0 Å². The molecule has 2 aromatic heterocycles. The summed E-state index contributed by atoms with van der Waals surface area (Å²) in [4.78, 5) is 34.6. The number of amides is 2. The van der Waals surface area contributed by atoms with Gasteiger partial charge in [-0.05, 0) is 35.4 Å². The quantitative estimate of drug-likeness (QED) is 0.526. The first-order valence-electron chi connectivity index (χ1n) is 11.2. The molecule has 1 aliphatic heterocycles. The average Bonchev–Trinajstić information content (AvgIpc) is 3.23. The Kier molecular flexibility index (Phi) is 5.32. The molecule has 3 heterocycles. The average molecular weight is 499 g/mol. The van der Waals surface area contributed by atoms with Gasteiger partial charge in [0.05, 0.1) is 17.1 Å². The zero-order valence-electron chi connectivity index (χ0n) is 19.2. The molecule has 2 fully saturated rings. The molecule has 2 amide bonds. The topological polar surface area (TPSA) is 102 Å². The first-order valence-corrected chi connectivity index (χ1v) is 11.2. The van der Waals surface area contributed by atoms with Gasteiger partial charge >= 0.3 is 6.18 Å². The number of pyridine rings is 1. The molecular formula is C25H21F4N5O2. The molecule has 36 heavy (non-hydrogen) atoms. The van der Waals surface area contributed by atoms with E-state index < -0.39 is 47.0 Å². The number of aromatic nitrogens is 2. The second-order valence-corrected chi connectivity index (χ2v) is 9.77. The van der Waals surface area contributed by atoms with Gasteiger partial charge in [-0.15, -0.1) is 0 Å². The molecule has 7 nitrogen and oxygen atoms in total. The molecule has 0 bridgehead atoms. The van der Waals surface area contributed by atoms with Gasteiger partial charge in [-0.1, -0.05) is 26.0 Å². The summed E-state index contributed by atoms with van der Waals surface area (Å²) in [6.07, 6.45) is -2.89. The Morgan fingerprint density at radius 1 is 1.31 bits per heavy atom. The van der Waals surface area contributed by atoms with Crippen molar-refractivity contribution < 1.29 is 27.2 Å². The van der Waals surface area contributed by atoms with E-state index in [-0.39, 0.29) is 35.0 Å². The molecule has 0 radical (unpaired) electrons. The smallest absolute Gasteiger partial charge is 0.348 e. The van der Waals surface area contributed by atoms with Crippen LogP contribution in [0, 0.1) is 34.4 Å². The number of hydrogen-bond acceptors (Lipinski definition) is 4. The Morgan fingerprint density at radius 2 is 2.06 bits per heavy atom. The lowest BCUT2D eigenvalue weighted by molar-refractivity contribution is -0.138.